The van der Waals surface area contributed by atoms with Crippen LogP contribution in [-0.4, -0.2) is 46.5 Å². The molecule has 3 rings (SSSR count). The van der Waals surface area contributed by atoms with E-state index in [-0.39, 0.29) is 6.61 Å². The minimum atomic E-state index is 0.0439. The molecule has 5 heteroatoms. The molecule has 1 aliphatic rings. The molecule has 1 saturated heterocycles. The van der Waals surface area contributed by atoms with Crippen LogP contribution in [0, 0.1) is 0 Å². The lowest BCUT2D eigenvalue weighted by Crippen LogP contribution is -2.19. The average molecular weight is 287 g/mol. The van der Waals surface area contributed by atoms with Crippen LogP contribution in [0.15, 0.2) is 36.5 Å². The maximum atomic E-state index is 8.81. The second-order valence-corrected chi connectivity index (χ2v) is 5.45. The first-order valence-electron chi connectivity index (χ1n) is 7.39. The Morgan fingerprint density at radius 2 is 2.33 bits per heavy atom. The van der Waals surface area contributed by atoms with Crippen LogP contribution in [0.3, 0.4) is 0 Å². The molecule has 0 amide bonds. The van der Waals surface area contributed by atoms with Gasteiger partial charge in [0, 0.05) is 30.9 Å². The molecular formula is C16H21N3O2. The van der Waals surface area contributed by atoms with E-state index < -0.39 is 0 Å². The number of nitrogens with zero attached hydrogens (tertiary/aromatic N) is 2. The van der Waals surface area contributed by atoms with Crippen molar-refractivity contribution in [3.63, 3.8) is 0 Å². The Kier molecular flexibility index (Phi) is 4.52. The number of benzene rings is 1. The number of aromatic amines is 1. The van der Waals surface area contributed by atoms with Crippen molar-refractivity contribution in [3.05, 3.63) is 47.8 Å². The molecular weight excluding hydrogens is 266 g/mol. The second kappa shape index (κ2) is 6.74. The van der Waals surface area contributed by atoms with E-state index in [1.807, 2.05) is 18.3 Å². The summed E-state index contributed by atoms with van der Waals surface area (Å²) < 4.78 is 5.46. The zero-order chi connectivity index (χ0) is 14.5. The monoisotopic (exact) mass is 287 g/mol. The third kappa shape index (κ3) is 3.62. The molecule has 2 heterocycles. The van der Waals surface area contributed by atoms with Gasteiger partial charge in [-0.3, -0.25) is 10.00 Å². The number of aromatic nitrogens is 2. The van der Waals surface area contributed by atoms with E-state index in [2.05, 4.69) is 33.3 Å². The molecule has 0 saturated carbocycles. The zero-order valence-electron chi connectivity index (χ0n) is 12.0. The van der Waals surface area contributed by atoms with Crippen molar-refractivity contribution in [2.24, 2.45) is 0 Å². The highest BCUT2D eigenvalue weighted by Crippen LogP contribution is 2.27. The van der Waals surface area contributed by atoms with E-state index in [0.717, 1.165) is 25.4 Å². The molecule has 21 heavy (non-hydrogen) atoms. The van der Waals surface area contributed by atoms with Gasteiger partial charge in [0.1, 0.15) is 12.4 Å². The Morgan fingerprint density at radius 3 is 3.14 bits per heavy atom. The van der Waals surface area contributed by atoms with Crippen LogP contribution in [0.25, 0.3) is 0 Å². The van der Waals surface area contributed by atoms with Gasteiger partial charge < -0.3 is 9.84 Å². The Bertz CT molecular complexity index is 556. The lowest BCUT2D eigenvalue weighted by Gasteiger charge is -2.16. The van der Waals surface area contributed by atoms with E-state index in [4.69, 9.17) is 9.84 Å². The third-order valence-corrected chi connectivity index (χ3v) is 3.90. The molecule has 2 aromatic rings. The van der Waals surface area contributed by atoms with Gasteiger partial charge in [-0.25, -0.2) is 0 Å². The highest BCUT2D eigenvalue weighted by molar-refractivity contribution is 5.28. The first-order chi connectivity index (χ1) is 10.3. The van der Waals surface area contributed by atoms with Crippen LogP contribution in [0.4, 0.5) is 0 Å². The SMILES string of the molecule is OCCOc1cccc(CN2CC[C@@H](c3ccn[nH]3)C2)c1. The van der Waals surface area contributed by atoms with E-state index in [1.54, 1.807) is 0 Å². The molecule has 112 valence electrons. The quantitative estimate of drug-likeness (QED) is 0.850. The maximum absolute atomic E-state index is 8.81. The van der Waals surface area contributed by atoms with Gasteiger partial charge in [-0.2, -0.15) is 5.10 Å². The summed E-state index contributed by atoms with van der Waals surface area (Å²) in [5.41, 5.74) is 2.48. The summed E-state index contributed by atoms with van der Waals surface area (Å²) in [6.45, 7) is 3.48. The van der Waals surface area contributed by atoms with E-state index in [1.165, 1.54) is 17.7 Å². The van der Waals surface area contributed by atoms with Crippen molar-refractivity contribution in [1.82, 2.24) is 15.1 Å². The molecule has 0 aliphatic carbocycles. The van der Waals surface area contributed by atoms with Crippen molar-refractivity contribution in [1.29, 1.82) is 0 Å². The highest BCUT2D eigenvalue weighted by atomic mass is 16.5. The van der Waals surface area contributed by atoms with Crippen molar-refractivity contribution in [2.45, 2.75) is 18.9 Å². The van der Waals surface area contributed by atoms with Gasteiger partial charge >= 0.3 is 0 Å². The van der Waals surface area contributed by atoms with Gasteiger partial charge in [-0.05, 0) is 36.7 Å². The second-order valence-electron chi connectivity index (χ2n) is 5.45. The van der Waals surface area contributed by atoms with Gasteiger partial charge in [0.05, 0.1) is 6.61 Å². The Balaban J connectivity index is 1.57. The van der Waals surface area contributed by atoms with Crippen molar-refractivity contribution < 1.29 is 9.84 Å². The largest absolute Gasteiger partial charge is 0.491 e. The van der Waals surface area contributed by atoms with Crippen LogP contribution in [0.2, 0.25) is 0 Å². The molecule has 1 fully saturated rings. The van der Waals surface area contributed by atoms with Crippen LogP contribution < -0.4 is 4.74 Å². The van der Waals surface area contributed by atoms with E-state index >= 15 is 0 Å². The summed E-state index contributed by atoms with van der Waals surface area (Å²) in [4.78, 5) is 2.46. The molecule has 1 aromatic heterocycles. The molecule has 1 aliphatic heterocycles. The maximum Gasteiger partial charge on any atom is 0.119 e. The van der Waals surface area contributed by atoms with Gasteiger partial charge in [0.15, 0.2) is 0 Å². The smallest absolute Gasteiger partial charge is 0.119 e. The van der Waals surface area contributed by atoms with Gasteiger partial charge in [-0.15, -0.1) is 0 Å². The molecule has 0 spiro atoms. The Labute approximate surface area is 124 Å². The predicted molar refractivity (Wildman–Crippen MR) is 80.2 cm³/mol. The Hall–Kier alpha value is -1.85. The van der Waals surface area contributed by atoms with Crippen molar-refractivity contribution in [2.75, 3.05) is 26.3 Å². The number of rotatable bonds is 6. The lowest BCUT2D eigenvalue weighted by atomic mass is 10.1. The molecule has 0 bridgehead atoms. The van der Waals surface area contributed by atoms with Gasteiger partial charge in [0.25, 0.3) is 0 Å². The van der Waals surface area contributed by atoms with Crippen molar-refractivity contribution >= 4 is 0 Å². The summed E-state index contributed by atoms with van der Waals surface area (Å²) in [5.74, 6) is 1.38. The number of hydrogen-bond acceptors (Lipinski definition) is 4. The van der Waals surface area contributed by atoms with Crippen LogP contribution >= 0.6 is 0 Å². The molecule has 0 unspecified atom stereocenters. The average Bonchev–Trinajstić information content (AvgIpc) is 3.16. The fourth-order valence-electron chi connectivity index (χ4n) is 2.88. The summed E-state index contributed by atoms with van der Waals surface area (Å²) in [7, 11) is 0. The summed E-state index contributed by atoms with van der Waals surface area (Å²) in [6, 6.07) is 10.2. The fraction of sp³-hybridized carbons (Fsp3) is 0.438. The van der Waals surface area contributed by atoms with Crippen LogP contribution in [0.5, 0.6) is 5.75 Å². The topological polar surface area (TPSA) is 61.4 Å². The third-order valence-electron chi connectivity index (χ3n) is 3.90. The van der Waals surface area contributed by atoms with Crippen LogP contribution in [0.1, 0.15) is 23.6 Å². The summed E-state index contributed by atoms with van der Waals surface area (Å²) in [6.07, 6.45) is 2.99. The highest BCUT2D eigenvalue weighted by Gasteiger charge is 2.24. The number of H-pyrrole nitrogens is 1. The number of aliphatic hydroxyl groups is 1. The van der Waals surface area contributed by atoms with E-state index in [9.17, 15) is 0 Å². The molecule has 1 atom stereocenters. The van der Waals surface area contributed by atoms with Gasteiger partial charge in [-0.1, -0.05) is 12.1 Å². The minimum absolute atomic E-state index is 0.0439. The first-order valence-corrected chi connectivity index (χ1v) is 7.39. The standard InChI is InChI=1S/C16H21N3O2/c20-8-9-21-15-3-1-2-13(10-15)11-19-7-5-14(12-19)16-4-6-17-18-16/h1-4,6,10,14,20H,5,7-9,11-12H2,(H,17,18)/t14-/m1/s1. The number of hydrogen-bond donors (Lipinski definition) is 2. The lowest BCUT2D eigenvalue weighted by molar-refractivity contribution is 0.201. The number of aliphatic hydroxyl groups excluding tert-OH is 1. The number of nitrogens with one attached hydrogen (secondary N) is 1. The Morgan fingerprint density at radius 1 is 1.38 bits per heavy atom. The summed E-state index contributed by atoms with van der Waals surface area (Å²) in [5, 5.41) is 15.9. The molecule has 5 nitrogen and oxygen atoms in total. The number of ether oxygens (including phenoxy) is 1. The van der Waals surface area contributed by atoms with Crippen LogP contribution in [-0.2, 0) is 6.54 Å². The normalized spacial score (nSPS) is 19.0. The van der Waals surface area contributed by atoms with E-state index in [0.29, 0.717) is 12.5 Å². The minimum Gasteiger partial charge on any atom is -0.491 e. The molecule has 0 radical (unpaired) electrons. The fourth-order valence-corrected chi connectivity index (χ4v) is 2.88. The first kappa shape index (κ1) is 14.1. The zero-order valence-corrected chi connectivity index (χ0v) is 12.0. The molecule has 1 aromatic carbocycles. The van der Waals surface area contributed by atoms with Gasteiger partial charge in [0.2, 0.25) is 0 Å². The van der Waals surface area contributed by atoms with Crippen molar-refractivity contribution in [3.8, 4) is 5.75 Å². The molecule has 2 N–H and O–H groups in total. The summed E-state index contributed by atoms with van der Waals surface area (Å²) >= 11 is 0. The predicted octanol–water partition coefficient (Wildman–Crippen LogP) is 1.77. The number of likely N-dealkylation sites (tertiary alicyclic amines) is 1.